The molecule has 2 rings (SSSR count). The summed E-state index contributed by atoms with van der Waals surface area (Å²) in [6.45, 7) is -0.316. The normalized spacial score (nSPS) is 24.6. The number of nitrogens with zero attached hydrogens (tertiary/aromatic N) is 1. The number of piperidine rings is 1. The summed E-state index contributed by atoms with van der Waals surface area (Å²) in [6.07, 6.45) is 3.15. The molecule has 2 aliphatic rings. The molecule has 1 unspecified atom stereocenters. The SMILES string of the molecule is NC(=O)C(O)CN1C(=O)CC2(CCCC2)CC1=O. The third kappa shape index (κ3) is 2.38. The predicted molar refractivity (Wildman–Crippen MR) is 62.1 cm³/mol. The van der Waals surface area contributed by atoms with E-state index in [1.54, 1.807) is 0 Å². The average Bonchev–Trinajstić information content (AvgIpc) is 2.71. The van der Waals surface area contributed by atoms with E-state index in [9.17, 15) is 19.5 Å². The van der Waals surface area contributed by atoms with E-state index in [-0.39, 0.29) is 23.8 Å². The molecule has 6 nitrogen and oxygen atoms in total. The van der Waals surface area contributed by atoms with Gasteiger partial charge in [-0.2, -0.15) is 0 Å². The zero-order chi connectivity index (χ0) is 13.3. The first-order valence-corrected chi connectivity index (χ1v) is 6.24. The first-order chi connectivity index (χ1) is 8.43. The van der Waals surface area contributed by atoms with Gasteiger partial charge in [0.05, 0.1) is 6.54 Å². The molecule has 1 spiro atoms. The van der Waals surface area contributed by atoms with Gasteiger partial charge < -0.3 is 10.8 Å². The fourth-order valence-corrected chi connectivity index (χ4v) is 2.98. The number of carbonyl (C=O) groups is 3. The van der Waals surface area contributed by atoms with Crippen molar-refractivity contribution in [3.63, 3.8) is 0 Å². The Bertz CT molecular complexity index is 368. The highest BCUT2D eigenvalue weighted by Gasteiger charge is 2.45. The van der Waals surface area contributed by atoms with E-state index in [0.717, 1.165) is 30.6 Å². The van der Waals surface area contributed by atoms with E-state index in [1.807, 2.05) is 0 Å². The number of hydrogen-bond acceptors (Lipinski definition) is 4. The Labute approximate surface area is 105 Å². The van der Waals surface area contributed by atoms with Gasteiger partial charge in [0.1, 0.15) is 0 Å². The van der Waals surface area contributed by atoms with Crippen LogP contribution in [0.4, 0.5) is 0 Å². The third-order valence-corrected chi connectivity index (χ3v) is 4.00. The van der Waals surface area contributed by atoms with Crippen molar-refractivity contribution in [3.8, 4) is 0 Å². The topological polar surface area (TPSA) is 101 Å². The van der Waals surface area contributed by atoms with E-state index < -0.39 is 12.0 Å². The summed E-state index contributed by atoms with van der Waals surface area (Å²) >= 11 is 0. The van der Waals surface area contributed by atoms with Crippen LogP contribution in [-0.2, 0) is 14.4 Å². The molecule has 1 saturated heterocycles. The molecule has 3 amide bonds. The number of carbonyl (C=O) groups excluding carboxylic acids is 3. The van der Waals surface area contributed by atoms with Crippen LogP contribution in [0.1, 0.15) is 38.5 Å². The molecule has 1 saturated carbocycles. The molecular weight excluding hydrogens is 236 g/mol. The predicted octanol–water partition coefficient (Wildman–Crippen LogP) is -0.458. The summed E-state index contributed by atoms with van der Waals surface area (Å²) in [5.41, 5.74) is 4.76. The van der Waals surface area contributed by atoms with Gasteiger partial charge in [-0.15, -0.1) is 0 Å². The van der Waals surface area contributed by atoms with Gasteiger partial charge in [0.25, 0.3) is 0 Å². The Morgan fingerprint density at radius 2 is 1.78 bits per heavy atom. The first-order valence-electron chi connectivity index (χ1n) is 6.24. The van der Waals surface area contributed by atoms with Crippen LogP contribution >= 0.6 is 0 Å². The molecule has 3 N–H and O–H groups in total. The molecule has 0 bridgehead atoms. The molecule has 0 radical (unpaired) electrons. The number of nitrogens with two attached hydrogens (primary N) is 1. The second-order valence-corrected chi connectivity index (χ2v) is 5.38. The van der Waals surface area contributed by atoms with Crippen molar-refractivity contribution in [2.45, 2.75) is 44.6 Å². The maximum Gasteiger partial charge on any atom is 0.248 e. The van der Waals surface area contributed by atoms with Crippen LogP contribution in [0.3, 0.4) is 0 Å². The minimum atomic E-state index is -1.48. The van der Waals surface area contributed by atoms with Gasteiger partial charge in [0, 0.05) is 12.8 Å². The molecule has 1 heterocycles. The Hall–Kier alpha value is -1.43. The van der Waals surface area contributed by atoms with E-state index in [0.29, 0.717) is 12.8 Å². The number of aliphatic hydroxyl groups is 1. The molecule has 18 heavy (non-hydrogen) atoms. The van der Waals surface area contributed by atoms with Crippen molar-refractivity contribution in [2.24, 2.45) is 11.1 Å². The van der Waals surface area contributed by atoms with Crippen molar-refractivity contribution in [3.05, 3.63) is 0 Å². The van der Waals surface area contributed by atoms with Crippen LogP contribution in [0, 0.1) is 5.41 Å². The minimum absolute atomic E-state index is 0.164. The Morgan fingerprint density at radius 1 is 1.28 bits per heavy atom. The summed E-state index contributed by atoms with van der Waals surface area (Å²) in [7, 11) is 0. The maximum atomic E-state index is 12.0. The lowest BCUT2D eigenvalue weighted by molar-refractivity contribution is -0.155. The van der Waals surface area contributed by atoms with Crippen molar-refractivity contribution in [1.29, 1.82) is 0 Å². The second kappa shape index (κ2) is 4.68. The van der Waals surface area contributed by atoms with E-state index in [2.05, 4.69) is 0 Å². The zero-order valence-electron chi connectivity index (χ0n) is 10.2. The summed E-state index contributed by atoms with van der Waals surface area (Å²) in [6, 6.07) is 0. The van der Waals surface area contributed by atoms with E-state index in [1.165, 1.54) is 0 Å². The molecule has 0 aromatic carbocycles. The maximum absolute atomic E-state index is 12.0. The molecule has 0 aromatic heterocycles. The van der Waals surface area contributed by atoms with Gasteiger partial charge in [-0.25, -0.2) is 0 Å². The van der Waals surface area contributed by atoms with Crippen molar-refractivity contribution in [2.75, 3.05) is 6.54 Å². The lowest BCUT2D eigenvalue weighted by atomic mass is 9.76. The van der Waals surface area contributed by atoms with Crippen molar-refractivity contribution < 1.29 is 19.5 Å². The van der Waals surface area contributed by atoms with E-state index >= 15 is 0 Å². The third-order valence-electron chi connectivity index (χ3n) is 4.00. The van der Waals surface area contributed by atoms with Gasteiger partial charge >= 0.3 is 0 Å². The number of likely N-dealkylation sites (tertiary alicyclic amines) is 1. The van der Waals surface area contributed by atoms with Gasteiger partial charge in [-0.1, -0.05) is 12.8 Å². The number of β-amino-alcohol motifs (C(OH)–C–C–N with tert-alkyl or cyclic N) is 1. The number of rotatable bonds is 3. The van der Waals surface area contributed by atoms with Gasteiger partial charge in [-0.3, -0.25) is 19.3 Å². The molecule has 0 aromatic rings. The molecule has 100 valence electrons. The number of amides is 3. The fourth-order valence-electron chi connectivity index (χ4n) is 2.98. The van der Waals surface area contributed by atoms with Crippen LogP contribution in [0.15, 0.2) is 0 Å². The minimum Gasteiger partial charge on any atom is -0.381 e. The lowest BCUT2D eigenvalue weighted by Gasteiger charge is -2.37. The van der Waals surface area contributed by atoms with Crippen molar-refractivity contribution >= 4 is 17.7 Å². The molecule has 1 aliphatic heterocycles. The molecule has 2 fully saturated rings. The number of primary amides is 1. The molecule has 1 aliphatic carbocycles. The zero-order valence-corrected chi connectivity index (χ0v) is 10.2. The van der Waals surface area contributed by atoms with Crippen LogP contribution in [0.25, 0.3) is 0 Å². The number of hydrogen-bond donors (Lipinski definition) is 2. The van der Waals surface area contributed by atoms with Crippen LogP contribution in [-0.4, -0.2) is 40.4 Å². The highest BCUT2D eigenvalue weighted by molar-refractivity contribution is 5.99. The average molecular weight is 254 g/mol. The van der Waals surface area contributed by atoms with Gasteiger partial charge in [-0.05, 0) is 18.3 Å². The van der Waals surface area contributed by atoms with Crippen LogP contribution in [0.5, 0.6) is 0 Å². The number of aliphatic hydroxyl groups excluding tert-OH is 1. The molecule has 6 heteroatoms. The first kappa shape index (κ1) is 13.0. The highest BCUT2D eigenvalue weighted by Crippen LogP contribution is 2.46. The van der Waals surface area contributed by atoms with E-state index in [4.69, 9.17) is 5.73 Å². The standard InChI is InChI=1S/C12H18N2O4/c13-11(18)8(15)7-14-9(16)5-12(6-10(14)17)3-1-2-4-12/h8,15H,1-7H2,(H2,13,18). The number of imide groups is 1. The Kier molecular flexibility index (Phi) is 3.38. The molecule has 1 atom stereocenters. The Morgan fingerprint density at radius 3 is 2.22 bits per heavy atom. The second-order valence-electron chi connectivity index (χ2n) is 5.38. The fraction of sp³-hybridized carbons (Fsp3) is 0.750. The smallest absolute Gasteiger partial charge is 0.248 e. The van der Waals surface area contributed by atoms with Crippen LogP contribution in [0.2, 0.25) is 0 Å². The van der Waals surface area contributed by atoms with Crippen LogP contribution < -0.4 is 5.73 Å². The van der Waals surface area contributed by atoms with Crippen molar-refractivity contribution in [1.82, 2.24) is 4.90 Å². The Balaban J connectivity index is 2.05. The summed E-state index contributed by atoms with van der Waals surface area (Å²) in [5, 5.41) is 9.35. The largest absolute Gasteiger partial charge is 0.381 e. The summed E-state index contributed by atoms with van der Waals surface area (Å²) in [5.74, 6) is -1.52. The molecular formula is C12H18N2O4. The summed E-state index contributed by atoms with van der Waals surface area (Å²) in [4.78, 5) is 35.7. The lowest BCUT2D eigenvalue weighted by Crippen LogP contribution is -2.51. The summed E-state index contributed by atoms with van der Waals surface area (Å²) < 4.78 is 0. The monoisotopic (exact) mass is 254 g/mol. The van der Waals surface area contributed by atoms with Gasteiger partial charge in [0.2, 0.25) is 17.7 Å². The quantitative estimate of drug-likeness (QED) is 0.665. The van der Waals surface area contributed by atoms with Gasteiger partial charge in [0.15, 0.2) is 6.10 Å². The highest BCUT2D eigenvalue weighted by atomic mass is 16.3.